The second-order valence-corrected chi connectivity index (χ2v) is 6.16. The average molecular weight is 316 g/mol. The normalized spacial score (nSPS) is 12.8. The van der Waals surface area contributed by atoms with Gasteiger partial charge in [-0.15, -0.1) is 0 Å². The topological polar surface area (TPSA) is 93.7 Å². The van der Waals surface area contributed by atoms with Crippen LogP contribution >= 0.6 is 0 Å². The van der Waals surface area contributed by atoms with E-state index >= 15 is 0 Å². The van der Waals surface area contributed by atoms with E-state index in [-0.39, 0.29) is 28.8 Å². The molecule has 0 aromatic heterocycles. The third-order valence-corrected chi connectivity index (χ3v) is 4.38. The third kappa shape index (κ3) is 4.42. The minimum atomic E-state index is -3.67. The highest BCUT2D eigenvalue weighted by atomic mass is 32.2. The van der Waals surface area contributed by atoms with Gasteiger partial charge in [-0.2, -0.15) is 0 Å². The van der Waals surface area contributed by atoms with Gasteiger partial charge in [-0.1, -0.05) is 0 Å². The molecule has 0 saturated heterocycles. The number of esters is 1. The summed E-state index contributed by atoms with van der Waals surface area (Å²) in [6, 6.07) is 3.98. The second-order valence-electron chi connectivity index (χ2n) is 4.40. The Morgan fingerprint density at radius 1 is 1.33 bits per heavy atom. The minimum absolute atomic E-state index is 0.00369. The molecule has 0 bridgehead atoms. The molecule has 0 amide bonds. The fourth-order valence-electron chi connectivity index (χ4n) is 1.54. The summed E-state index contributed by atoms with van der Waals surface area (Å²) < 4.78 is 36.5. The highest BCUT2D eigenvalue weighted by molar-refractivity contribution is 7.89. The van der Waals surface area contributed by atoms with Gasteiger partial charge in [-0.3, -0.25) is 0 Å². The van der Waals surface area contributed by atoms with Gasteiger partial charge in [0, 0.05) is 18.7 Å². The zero-order valence-electron chi connectivity index (χ0n) is 12.5. The van der Waals surface area contributed by atoms with Crippen LogP contribution in [-0.2, 0) is 14.8 Å². The molecule has 8 heteroatoms. The molecule has 118 valence electrons. The molecule has 0 radical (unpaired) electrons. The van der Waals surface area contributed by atoms with E-state index in [1.165, 1.54) is 32.4 Å². The van der Waals surface area contributed by atoms with Gasteiger partial charge in [0.1, 0.15) is 11.3 Å². The molecule has 1 aromatic rings. The molecule has 21 heavy (non-hydrogen) atoms. The van der Waals surface area contributed by atoms with Gasteiger partial charge in [0.2, 0.25) is 10.0 Å². The molecule has 1 rings (SSSR count). The summed E-state index contributed by atoms with van der Waals surface area (Å²) in [6.07, 6.45) is 0. The lowest BCUT2D eigenvalue weighted by molar-refractivity contribution is 0.0597. The molecule has 1 aromatic carbocycles. The first-order valence-corrected chi connectivity index (χ1v) is 7.77. The van der Waals surface area contributed by atoms with Crippen LogP contribution in [0.25, 0.3) is 0 Å². The molecule has 7 nitrogen and oxygen atoms in total. The molecular weight excluding hydrogens is 296 g/mol. The van der Waals surface area contributed by atoms with Crippen molar-refractivity contribution in [2.75, 3.05) is 27.8 Å². The molecule has 0 spiro atoms. The minimum Gasteiger partial charge on any atom is -0.496 e. The van der Waals surface area contributed by atoms with Crippen LogP contribution in [0.15, 0.2) is 23.1 Å². The van der Waals surface area contributed by atoms with Crippen molar-refractivity contribution in [2.24, 2.45) is 0 Å². The second kappa shape index (κ2) is 7.39. The molecule has 1 atom stereocenters. The number of carbonyl (C=O) groups excluding carboxylic acids is 1. The van der Waals surface area contributed by atoms with Crippen molar-refractivity contribution in [3.63, 3.8) is 0 Å². The van der Waals surface area contributed by atoms with E-state index in [0.29, 0.717) is 0 Å². The monoisotopic (exact) mass is 316 g/mol. The number of benzene rings is 1. The summed E-state index contributed by atoms with van der Waals surface area (Å²) in [5.74, 6) is -0.445. The summed E-state index contributed by atoms with van der Waals surface area (Å²) in [4.78, 5) is 11.6. The fourth-order valence-corrected chi connectivity index (χ4v) is 2.68. The first-order valence-electron chi connectivity index (χ1n) is 6.29. The first kappa shape index (κ1) is 17.4. The van der Waals surface area contributed by atoms with Crippen molar-refractivity contribution in [2.45, 2.75) is 17.9 Å². The Balaban J connectivity index is 3.06. The molecule has 1 unspecified atom stereocenters. The zero-order valence-corrected chi connectivity index (χ0v) is 13.3. The largest absolute Gasteiger partial charge is 0.496 e. The van der Waals surface area contributed by atoms with E-state index in [2.05, 4.69) is 14.8 Å². The van der Waals surface area contributed by atoms with Gasteiger partial charge in [-0.05, 0) is 26.1 Å². The van der Waals surface area contributed by atoms with Crippen molar-refractivity contribution < 1.29 is 22.7 Å². The number of sulfonamides is 1. The van der Waals surface area contributed by atoms with E-state index in [0.717, 1.165) is 0 Å². The number of hydrogen-bond donors (Lipinski definition) is 2. The summed E-state index contributed by atoms with van der Waals surface area (Å²) >= 11 is 0. The van der Waals surface area contributed by atoms with Crippen molar-refractivity contribution >= 4 is 16.0 Å². The summed E-state index contributed by atoms with van der Waals surface area (Å²) in [5, 5.41) is 2.93. The number of carbonyl (C=O) groups is 1. The smallest absolute Gasteiger partial charge is 0.341 e. The predicted octanol–water partition coefficient (Wildman–Crippen LogP) is 0.368. The van der Waals surface area contributed by atoms with Crippen molar-refractivity contribution in [1.29, 1.82) is 0 Å². The first-order chi connectivity index (χ1) is 9.85. The summed E-state index contributed by atoms with van der Waals surface area (Å²) in [6.45, 7) is 2.10. The van der Waals surface area contributed by atoms with Crippen LogP contribution in [0.4, 0.5) is 0 Å². The number of ether oxygens (including phenoxy) is 2. The zero-order chi connectivity index (χ0) is 16.0. The molecule has 0 heterocycles. The Kier molecular flexibility index (Phi) is 6.13. The Hall–Kier alpha value is -1.64. The van der Waals surface area contributed by atoms with Crippen LogP contribution in [0.3, 0.4) is 0 Å². The van der Waals surface area contributed by atoms with Crippen LogP contribution in [0.5, 0.6) is 5.75 Å². The maximum Gasteiger partial charge on any atom is 0.341 e. The van der Waals surface area contributed by atoms with Gasteiger partial charge in [-0.25, -0.2) is 17.9 Å². The summed E-state index contributed by atoms with van der Waals surface area (Å²) in [7, 11) is 0.673. The Morgan fingerprint density at radius 2 is 2.00 bits per heavy atom. The lowest BCUT2D eigenvalue weighted by Gasteiger charge is -2.13. The van der Waals surface area contributed by atoms with E-state index in [4.69, 9.17) is 4.74 Å². The van der Waals surface area contributed by atoms with Crippen LogP contribution in [0.1, 0.15) is 17.3 Å². The van der Waals surface area contributed by atoms with E-state index in [1.54, 1.807) is 7.05 Å². The van der Waals surface area contributed by atoms with Gasteiger partial charge < -0.3 is 14.8 Å². The van der Waals surface area contributed by atoms with Crippen molar-refractivity contribution in [3.05, 3.63) is 23.8 Å². The third-order valence-electron chi connectivity index (χ3n) is 2.96. The van der Waals surface area contributed by atoms with E-state index in [1.807, 2.05) is 6.92 Å². The molecule has 0 aliphatic rings. The number of rotatable bonds is 7. The van der Waals surface area contributed by atoms with Crippen LogP contribution in [0.2, 0.25) is 0 Å². The maximum atomic E-state index is 12.2. The molecule has 0 aliphatic heterocycles. The van der Waals surface area contributed by atoms with E-state index < -0.39 is 16.0 Å². The molecule has 0 saturated carbocycles. The van der Waals surface area contributed by atoms with Gasteiger partial charge >= 0.3 is 5.97 Å². The predicted molar refractivity (Wildman–Crippen MR) is 78.0 cm³/mol. The Morgan fingerprint density at radius 3 is 2.52 bits per heavy atom. The van der Waals surface area contributed by atoms with Crippen LogP contribution in [0, 0.1) is 0 Å². The van der Waals surface area contributed by atoms with Gasteiger partial charge in [0.25, 0.3) is 0 Å². The van der Waals surface area contributed by atoms with E-state index in [9.17, 15) is 13.2 Å². The number of nitrogens with one attached hydrogen (secondary N) is 2. The molecule has 0 fully saturated rings. The van der Waals surface area contributed by atoms with Crippen molar-refractivity contribution in [1.82, 2.24) is 10.0 Å². The highest BCUT2D eigenvalue weighted by Gasteiger charge is 2.19. The quantitative estimate of drug-likeness (QED) is 0.706. The lowest BCUT2D eigenvalue weighted by atomic mass is 10.2. The fraction of sp³-hybridized carbons (Fsp3) is 0.462. The molecule has 2 N–H and O–H groups in total. The Bertz CT molecular complexity index is 601. The van der Waals surface area contributed by atoms with Gasteiger partial charge in [0.05, 0.1) is 19.1 Å². The summed E-state index contributed by atoms with van der Waals surface area (Å²) in [5.41, 5.74) is 0.169. The van der Waals surface area contributed by atoms with Gasteiger partial charge in [0.15, 0.2) is 0 Å². The standard InChI is InChI=1S/C13H20N2O5S/c1-9(14-2)8-15-21(17,18)10-5-6-11(13(16)20-4)12(7-10)19-3/h5-7,9,14-15H,8H2,1-4H3. The average Bonchev–Trinajstić information content (AvgIpc) is 2.51. The van der Waals surface area contributed by atoms with Crippen molar-refractivity contribution in [3.8, 4) is 5.75 Å². The number of methoxy groups -OCH3 is 2. The van der Waals surface area contributed by atoms with Crippen LogP contribution < -0.4 is 14.8 Å². The molecular formula is C13H20N2O5S. The Labute approximate surface area is 124 Å². The number of likely N-dealkylation sites (N-methyl/N-ethyl adjacent to an activating group) is 1. The highest BCUT2D eigenvalue weighted by Crippen LogP contribution is 2.23. The maximum absolute atomic E-state index is 12.2. The SMILES string of the molecule is CNC(C)CNS(=O)(=O)c1ccc(C(=O)OC)c(OC)c1. The van der Waals surface area contributed by atoms with Crippen LogP contribution in [-0.4, -0.2) is 48.2 Å². The lowest BCUT2D eigenvalue weighted by Crippen LogP contribution is -2.37. The number of hydrogen-bond acceptors (Lipinski definition) is 6. The molecule has 0 aliphatic carbocycles.